The lowest BCUT2D eigenvalue weighted by Crippen LogP contribution is -2.33. The molecule has 1 heterocycles. The van der Waals surface area contributed by atoms with Crippen molar-refractivity contribution in [3.05, 3.63) is 17.2 Å². The topological polar surface area (TPSA) is 64.3 Å². The van der Waals surface area contributed by atoms with Crippen LogP contribution in [0.25, 0.3) is 0 Å². The van der Waals surface area contributed by atoms with Crippen LogP contribution in [0, 0.1) is 19.3 Å². The number of hydrogen-bond acceptors (Lipinski definition) is 3. The Balaban J connectivity index is 2.58. The summed E-state index contributed by atoms with van der Waals surface area (Å²) in [6.45, 7) is 7.91. The van der Waals surface area contributed by atoms with E-state index in [0.29, 0.717) is 18.0 Å². The SMILES string of the molecule is Cc1cc(N)c(C)c2c1OCC(C)(C)C(=O)N2. The van der Waals surface area contributed by atoms with Crippen LogP contribution in [0.1, 0.15) is 25.0 Å². The van der Waals surface area contributed by atoms with Gasteiger partial charge in [-0.25, -0.2) is 0 Å². The van der Waals surface area contributed by atoms with Crippen LogP contribution in [0.2, 0.25) is 0 Å². The number of aryl methyl sites for hydroxylation is 1. The minimum atomic E-state index is -0.535. The van der Waals surface area contributed by atoms with Gasteiger partial charge in [0.25, 0.3) is 0 Å². The lowest BCUT2D eigenvalue weighted by atomic mass is 9.94. The van der Waals surface area contributed by atoms with Gasteiger partial charge in [0.15, 0.2) is 0 Å². The smallest absolute Gasteiger partial charge is 0.233 e. The van der Waals surface area contributed by atoms with Crippen LogP contribution < -0.4 is 15.8 Å². The molecular weight excluding hydrogens is 216 g/mol. The van der Waals surface area contributed by atoms with Crippen LogP contribution in [0.15, 0.2) is 6.07 Å². The van der Waals surface area contributed by atoms with Gasteiger partial charge < -0.3 is 15.8 Å². The number of nitrogens with one attached hydrogen (secondary N) is 1. The molecule has 92 valence electrons. The maximum Gasteiger partial charge on any atom is 0.233 e. The molecule has 2 rings (SSSR count). The molecule has 1 amide bonds. The van der Waals surface area contributed by atoms with E-state index in [-0.39, 0.29) is 5.91 Å². The fourth-order valence-corrected chi connectivity index (χ4v) is 1.86. The summed E-state index contributed by atoms with van der Waals surface area (Å²) in [5.74, 6) is 0.694. The first-order valence-electron chi connectivity index (χ1n) is 5.67. The third-order valence-electron chi connectivity index (χ3n) is 3.20. The highest BCUT2D eigenvalue weighted by Gasteiger charge is 2.33. The number of nitrogens with two attached hydrogens (primary N) is 1. The van der Waals surface area contributed by atoms with Gasteiger partial charge in [-0.05, 0) is 44.9 Å². The molecule has 0 spiro atoms. The zero-order valence-corrected chi connectivity index (χ0v) is 10.7. The minimum absolute atomic E-state index is 0.0376. The number of nitrogen functional groups attached to an aromatic ring is 1. The zero-order chi connectivity index (χ0) is 12.8. The number of anilines is 2. The van der Waals surface area contributed by atoms with E-state index in [1.165, 1.54) is 0 Å². The van der Waals surface area contributed by atoms with Crippen molar-refractivity contribution in [1.82, 2.24) is 0 Å². The largest absolute Gasteiger partial charge is 0.490 e. The molecule has 0 saturated carbocycles. The summed E-state index contributed by atoms with van der Waals surface area (Å²) in [4.78, 5) is 12.0. The molecule has 0 unspecified atom stereocenters. The number of amides is 1. The summed E-state index contributed by atoms with van der Waals surface area (Å²) in [5, 5.41) is 2.92. The average Bonchev–Trinajstić information content (AvgIpc) is 2.35. The molecule has 0 bridgehead atoms. The zero-order valence-electron chi connectivity index (χ0n) is 10.7. The molecular formula is C13H18N2O2. The second-order valence-corrected chi connectivity index (χ2v) is 5.24. The van der Waals surface area contributed by atoms with E-state index in [0.717, 1.165) is 16.9 Å². The molecule has 4 heteroatoms. The van der Waals surface area contributed by atoms with Crippen molar-refractivity contribution in [2.75, 3.05) is 17.7 Å². The number of benzene rings is 1. The van der Waals surface area contributed by atoms with Gasteiger partial charge in [0, 0.05) is 5.69 Å². The Hall–Kier alpha value is -1.71. The lowest BCUT2D eigenvalue weighted by Gasteiger charge is -2.18. The van der Waals surface area contributed by atoms with E-state index in [1.807, 2.05) is 33.8 Å². The molecule has 0 aromatic heterocycles. The van der Waals surface area contributed by atoms with E-state index in [4.69, 9.17) is 10.5 Å². The van der Waals surface area contributed by atoms with Gasteiger partial charge in [-0.2, -0.15) is 0 Å². The van der Waals surface area contributed by atoms with E-state index in [1.54, 1.807) is 0 Å². The molecule has 17 heavy (non-hydrogen) atoms. The standard InChI is InChI=1S/C13H18N2O2/c1-7-5-9(14)8(2)10-11(7)17-6-13(3,4)12(16)15-10/h5H,6,14H2,1-4H3,(H,15,16). The van der Waals surface area contributed by atoms with E-state index >= 15 is 0 Å². The normalized spacial score (nSPS) is 17.8. The first-order valence-corrected chi connectivity index (χ1v) is 5.67. The highest BCUT2D eigenvalue weighted by Crippen LogP contribution is 2.39. The van der Waals surface area contributed by atoms with Gasteiger partial charge >= 0.3 is 0 Å². The molecule has 0 fully saturated rings. The van der Waals surface area contributed by atoms with Gasteiger partial charge in [-0.1, -0.05) is 0 Å². The summed E-state index contributed by atoms with van der Waals surface area (Å²) in [5.41, 5.74) is 8.55. The predicted molar refractivity (Wildman–Crippen MR) is 68.2 cm³/mol. The van der Waals surface area contributed by atoms with Gasteiger partial charge in [0.1, 0.15) is 12.4 Å². The van der Waals surface area contributed by atoms with Crippen LogP contribution in [0.5, 0.6) is 5.75 Å². The molecule has 1 aliphatic heterocycles. The highest BCUT2D eigenvalue weighted by molar-refractivity contribution is 5.98. The third kappa shape index (κ3) is 1.84. The van der Waals surface area contributed by atoms with Crippen molar-refractivity contribution in [1.29, 1.82) is 0 Å². The summed E-state index contributed by atoms with van der Waals surface area (Å²) < 4.78 is 5.76. The third-order valence-corrected chi connectivity index (χ3v) is 3.20. The molecule has 0 atom stereocenters. The van der Waals surface area contributed by atoms with E-state index in [9.17, 15) is 4.79 Å². The van der Waals surface area contributed by atoms with Gasteiger partial charge in [0.2, 0.25) is 5.91 Å². The molecule has 1 aliphatic rings. The van der Waals surface area contributed by atoms with Crippen LogP contribution in [-0.2, 0) is 4.79 Å². The summed E-state index contributed by atoms with van der Waals surface area (Å²) in [6.07, 6.45) is 0. The lowest BCUT2D eigenvalue weighted by molar-refractivity contribution is -0.124. The Labute approximate surface area is 101 Å². The molecule has 4 nitrogen and oxygen atoms in total. The van der Waals surface area contributed by atoms with Gasteiger partial charge in [-0.3, -0.25) is 4.79 Å². The molecule has 0 radical (unpaired) electrons. The molecule has 1 aromatic carbocycles. The van der Waals surface area contributed by atoms with Crippen LogP contribution in [-0.4, -0.2) is 12.5 Å². The summed E-state index contributed by atoms with van der Waals surface area (Å²) >= 11 is 0. The quantitative estimate of drug-likeness (QED) is 0.677. The van der Waals surface area contributed by atoms with Crippen molar-refractivity contribution in [2.24, 2.45) is 5.41 Å². The van der Waals surface area contributed by atoms with E-state index in [2.05, 4.69) is 5.32 Å². The van der Waals surface area contributed by atoms with Crippen LogP contribution in [0.4, 0.5) is 11.4 Å². The fraction of sp³-hybridized carbons (Fsp3) is 0.462. The molecule has 0 aliphatic carbocycles. The van der Waals surface area contributed by atoms with Crippen molar-refractivity contribution in [2.45, 2.75) is 27.7 Å². The van der Waals surface area contributed by atoms with Gasteiger partial charge in [-0.15, -0.1) is 0 Å². The monoisotopic (exact) mass is 234 g/mol. The van der Waals surface area contributed by atoms with Gasteiger partial charge in [0.05, 0.1) is 11.1 Å². The Morgan fingerprint density at radius 1 is 1.41 bits per heavy atom. The second-order valence-electron chi connectivity index (χ2n) is 5.24. The van der Waals surface area contributed by atoms with Crippen molar-refractivity contribution in [3.63, 3.8) is 0 Å². The molecule has 1 aromatic rings. The van der Waals surface area contributed by atoms with Crippen molar-refractivity contribution < 1.29 is 9.53 Å². The molecule has 3 N–H and O–H groups in total. The second kappa shape index (κ2) is 3.65. The Morgan fingerprint density at radius 2 is 2.06 bits per heavy atom. The summed E-state index contributed by atoms with van der Waals surface area (Å²) in [6, 6.07) is 1.87. The van der Waals surface area contributed by atoms with Crippen LogP contribution >= 0.6 is 0 Å². The number of hydrogen-bond donors (Lipinski definition) is 2. The summed E-state index contributed by atoms with van der Waals surface area (Å²) in [7, 11) is 0. The highest BCUT2D eigenvalue weighted by atomic mass is 16.5. The molecule has 0 saturated heterocycles. The first kappa shape index (κ1) is 11.8. The Kier molecular flexibility index (Phi) is 2.53. The van der Waals surface area contributed by atoms with E-state index < -0.39 is 5.41 Å². The number of carbonyl (C=O) groups excluding carboxylic acids is 1. The number of rotatable bonds is 0. The average molecular weight is 234 g/mol. The maximum atomic E-state index is 12.0. The number of carbonyl (C=O) groups is 1. The number of fused-ring (bicyclic) bond motifs is 1. The maximum absolute atomic E-state index is 12.0. The Morgan fingerprint density at radius 3 is 2.71 bits per heavy atom. The Bertz CT molecular complexity index is 493. The van der Waals surface area contributed by atoms with Crippen LogP contribution in [0.3, 0.4) is 0 Å². The minimum Gasteiger partial charge on any atom is -0.490 e. The fourth-order valence-electron chi connectivity index (χ4n) is 1.86. The predicted octanol–water partition coefficient (Wildman–Crippen LogP) is 2.24. The first-order chi connectivity index (χ1) is 7.83. The van der Waals surface area contributed by atoms with Crippen molar-refractivity contribution >= 4 is 17.3 Å². The van der Waals surface area contributed by atoms with Crippen molar-refractivity contribution in [3.8, 4) is 5.75 Å². The number of ether oxygens (including phenoxy) is 1.